The van der Waals surface area contributed by atoms with Crippen LogP contribution in [0.4, 0.5) is 5.82 Å². The predicted molar refractivity (Wildman–Crippen MR) is 146 cm³/mol. The third kappa shape index (κ3) is 5.61. The molecule has 4 atom stereocenters. The van der Waals surface area contributed by atoms with Gasteiger partial charge in [0.05, 0.1) is 19.5 Å². The second-order valence-electron chi connectivity index (χ2n) is 9.53. The van der Waals surface area contributed by atoms with Crippen molar-refractivity contribution in [3.63, 3.8) is 0 Å². The Morgan fingerprint density at radius 3 is 2.59 bits per heavy atom. The minimum Gasteiger partial charge on any atom is -0.341 e. The standard InChI is InChI=1S/C25H29N8O7P/c1-5-36-41(35,37-6-2)13-12-25(31-32-26)19-18(38-24(3,4)39-19)23(40-25)33-15-29-17-20(27-14-28-21(17)33)30-22(34)16-10-8-7-9-11-16/h7-15,18-19,23H,5-6H2,1-4H3,(H,27,28,30,34)/b13-12+/t18-,19+,23-,25-/m1/s1. The summed E-state index contributed by atoms with van der Waals surface area (Å²) >= 11 is 0. The minimum absolute atomic E-state index is 0.127. The number of hydrogen-bond acceptors (Lipinski definition) is 11. The fourth-order valence-electron chi connectivity index (χ4n) is 4.76. The Hall–Kier alpha value is -3.68. The van der Waals surface area contributed by atoms with Gasteiger partial charge in [0.2, 0.25) is 0 Å². The van der Waals surface area contributed by atoms with Crippen LogP contribution in [0.1, 0.15) is 44.3 Å². The van der Waals surface area contributed by atoms with Crippen molar-refractivity contribution in [2.75, 3.05) is 18.5 Å². The zero-order valence-corrected chi connectivity index (χ0v) is 23.7. The topological polar surface area (TPSA) is 185 Å². The maximum atomic E-state index is 13.2. The van der Waals surface area contributed by atoms with E-state index in [9.17, 15) is 14.9 Å². The molecular formula is C25H29N8O7P. The summed E-state index contributed by atoms with van der Waals surface area (Å²) < 4.78 is 44.1. The zero-order valence-electron chi connectivity index (χ0n) is 22.8. The molecule has 0 aliphatic carbocycles. The number of rotatable bonds is 10. The average Bonchev–Trinajstić information content (AvgIpc) is 3.60. The van der Waals surface area contributed by atoms with E-state index in [-0.39, 0.29) is 24.9 Å². The lowest BCUT2D eigenvalue weighted by atomic mass is 10.1. The average molecular weight is 585 g/mol. The van der Waals surface area contributed by atoms with Crippen LogP contribution < -0.4 is 5.32 Å². The van der Waals surface area contributed by atoms with Gasteiger partial charge in [0.25, 0.3) is 5.91 Å². The van der Waals surface area contributed by atoms with E-state index >= 15 is 0 Å². The minimum atomic E-state index is -3.69. The molecule has 0 radical (unpaired) electrons. The van der Waals surface area contributed by atoms with Crippen molar-refractivity contribution in [3.05, 3.63) is 70.9 Å². The van der Waals surface area contributed by atoms with Crippen molar-refractivity contribution >= 4 is 30.5 Å². The molecule has 16 heteroatoms. The molecule has 0 spiro atoms. The van der Waals surface area contributed by atoms with Gasteiger partial charge in [0.15, 0.2) is 34.7 Å². The van der Waals surface area contributed by atoms with E-state index < -0.39 is 37.5 Å². The Bertz CT molecular complexity index is 1550. The van der Waals surface area contributed by atoms with Gasteiger partial charge >= 0.3 is 7.60 Å². The third-order valence-corrected chi connectivity index (χ3v) is 8.09. The number of benzene rings is 1. The molecule has 2 fully saturated rings. The number of azide groups is 1. The van der Waals surface area contributed by atoms with Crippen molar-refractivity contribution in [2.45, 2.75) is 57.6 Å². The molecule has 5 rings (SSSR count). The first-order valence-corrected chi connectivity index (χ1v) is 14.5. The predicted octanol–water partition coefficient (Wildman–Crippen LogP) is 4.91. The van der Waals surface area contributed by atoms with E-state index in [0.717, 1.165) is 0 Å². The summed E-state index contributed by atoms with van der Waals surface area (Å²) in [6.45, 7) is 7.04. The molecule has 2 aliphatic rings. The van der Waals surface area contributed by atoms with Crippen LogP contribution >= 0.6 is 7.60 Å². The number of nitrogens with one attached hydrogen (secondary N) is 1. The van der Waals surface area contributed by atoms with Crippen LogP contribution in [0, 0.1) is 0 Å². The van der Waals surface area contributed by atoms with Crippen LogP contribution in [0.25, 0.3) is 21.6 Å². The highest BCUT2D eigenvalue weighted by Gasteiger charge is 2.63. The first-order valence-electron chi connectivity index (χ1n) is 12.9. The zero-order chi connectivity index (χ0) is 29.3. The molecule has 15 nitrogen and oxygen atoms in total. The van der Waals surface area contributed by atoms with Gasteiger partial charge < -0.3 is 28.6 Å². The number of amides is 1. The molecule has 2 aromatic heterocycles. The van der Waals surface area contributed by atoms with Gasteiger partial charge in [-0.15, -0.1) is 0 Å². The fourth-order valence-corrected chi connectivity index (χ4v) is 6.12. The summed E-state index contributed by atoms with van der Waals surface area (Å²) in [5.41, 5.74) is 8.78. The Morgan fingerprint density at radius 1 is 1.17 bits per heavy atom. The van der Waals surface area contributed by atoms with Crippen molar-refractivity contribution in [3.8, 4) is 0 Å². The van der Waals surface area contributed by atoms with E-state index in [1.54, 1.807) is 56.5 Å². The molecule has 4 heterocycles. The van der Waals surface area contributed by atoms with E-state index in [1.165, 1.54) is 24.5 Å². The molecule has 2 aliphatic heterocycles. The maximum Gasteiger partial charge on any atom is 0.353 e. The number of aromatic nitrogens is 4. The van der Waals surface area contributed by atoms with Crippen molar-refractivity contribution < 1.29 is 32.6 Å². The lowest BCUT2D eigenvalue weighted by Crippen LogP contribution is -2.39. The molecule has 1 amide bonds. The van der Waals surface area contributed by atoms with Gasteiger partial charge in [0.1, 0.15) is 18.5 Å². The number of ether oxygens (including phenoxy) is 3. The molecule has 0 unspecified atom stereocenters. The normalized spacial score (nSPS) is 25.3. The Balaban J connectivity index is 1.54. The van der Waals surface area contributed by atoms with Crippen LogP contribution in [0.15, 0.2) is 60.0 Å². The highest BCUT2D eigenvalue weighted by molar-refractivity contribution is 7.57. The molecule has 216 valence electrons. The number of nitrogens with zero attached hydrogens (tertiary/aromatic N) is 7. The summed E-state index contributed by atoms with van der Waals surface area (Å²) in [5, 5.41) is 6.69. The molecule has 41 heavy (non-hydrogen) atoms. The second kappa shape index (κ2) is 11.3. The SMILES string of the molecule is CCOP(=O)(/C=C/[C@@]1(N=[N+]=[N-])O[C@@H](n2cnc3c(NC(=O)c4ccccc4)ncnc32)[C@@H]2OC(C)(C)O[C@@H]21)OCC. The molecule has 1 aromatic carbocycles. The first-order chi connectivity index (χ1) is 19.6. The van der Waals surface area contributed by atoms with E-state index in [2.05, 4.69) is 30.3 Å². The molecule has 0 saturated carbocycles. The summed E-state index contributed by atoms with van der Waals surface area (Å²) in [5.74, 6) is -0.0527. The Kier molecular flexibility index (Phi) is 7.95. The summed E-state index contributed by atoms with van der Waals surface area (Å²) in [4.78, 5) is 28.8. The molecule has 3 aromatic rings. The smallest absolute Gasteiger partial charge is 0.341 e. The van der Waals surface area contributed by atoms with Crippen LogP contribution in [-0.4, -0.2) is 62.4 Å². The van der Waals surface area contributed by atoms with Crippen LogP contribution in [-0.2, 0) is 27.8 Å². The fraction of sp³-hybridized carbons (Fsp3) is 0.440. The number of fused-ring (bicyclic) bond motifs is 2. The number of hydrogen-bond donors (Lipinski definition) is 1. The van der Waals surface area contributed by atoms with Gasteiger partial charge in [-0.2, -0.15) is 0 Å². The molecule has 1 N–H and O–H groups in total. The molecule has 2 saturated heterocycles. The van der Waals surface area contributed by atoms with Gasteiger partial charge in [-0.1, -0.05) is 23.3 Å². The third-order valence-electron chi connectivity index (χ3n) is 6.34. The Labute approximate surface area is 235 Å². The monoisotopic (exact) mass is 584 g/mol. The van der Waals surface area contributed by atoms with Crippen molar-refractivity contribution in [1.82, 2.24) is 19.5 Å². The largest absolute Gasteiger partial charge is 0.353 e. The van der Waals surface area contributed by atoms with E-state index in [0.29, 0.717) is 16.7 Å². The maximum absolute atomic E-state index is 13.2. The van der Waals surface area contributed by atoms with Crippen molar-refractivity contribution in [2.24, 2.45) is 5.11 Å². The highest BCUT2D eigenvalue weighted by Crippen LogP contribution is 2.54. The Morgan fingerprint density at radius 2 is 1.90 bits per heavy atom. The summed E-state index contributed by atoms with van der Waals surface area (Å²) in [6, 6.07) is 8.67. The number of anilines is 1. The number of carbonyl (C=O) groups excluding carboxylic acids is 1. The van der Waals surface area contributed by atoms with Gasteiger partial charge in [0, 0.05) is 16.3 Å². The highest BCUT2D eigenvalue weighted by atomic mass is 31.2. The van der Waals surface area contributed by atoms with Gasteiger partial charge in [-0.05, 0) is 51.4 Å². The first kappa shape index (κ1) is 28.8. The quantitative estimate of drug-likeness (QED) is 0.148. The second-order valence-corrected chi connectivity index (χ2v) is 11.4. The summed E-state index contributed by atoms with van der Waals surface area (Å²) in [6.07, 6.45) is 1.32. The number of carbonyl (C=O) groups is 1. The van der Waals surface area contributed by atoms with Crippen LogP contribution in [0.2, 0.25) is 0 Å². The number of imidazole rings is 1. The van der Waals surface area contributed by atoms with Crippen LogP contribution in [0.5, 0.6) is 0 Å². The van der Waals surface area contributed by atoms with Crippen molar-refractivity contribution in [1.29, 1.82) is 0 Å². The molecule has 0 bridgehead atoms. The van der Waals surface area contributed by atoms with E-state index in [1.807, 2.05) is 6.07 Å². The van der Waals surface area contributed by atoms with E-state index in [4.69, 9.17) is 23.3 Å². The lowest BCUT2D eigenvalue weighted by Gasteiger charge is -2.29. The van der Waals surface area contributed by atoms with Gasteiger partial charge in [-0.3, -0.25) is 13.9 Å². The van der Waals surface area contributed by atoms with Gasteiger partial charge in [-0.25, -0.2) is 15.0 Å². The van der Waals surface area contributed by atoms with Crippen LogP contribution in [0.3, 0.4) is 0 Å². The molecular weight excluding hydrogens is 555 g/mol. The lowest BCUT2D eigenvalue weighted by molar-refractivity contribution is -0.209. The summed E-state index contributed by atoms with van der Waals surface area (Å²) in [7, 11) is -3.69.